The van der Waals surface area contributed by atoms with Crippen LogP contribution >= 0.6 is 0 Å². The molecule has 0 aromatic carbocycles. The van der Waals surface area contributed by atoms with Gasteiger partial charge in [-0.05, 0) is 31.4 Å². The van der Waals surface area contributed by atoms with Crippen molar-refractivity contribution in [1.82, 2.24) is 10.6 Å². The number of rotatable bonds is 9. The van der Waals surface area contributed by atoms with E-state index in [1.165, 1.54) is 0 Å². The molecule has 5 heteroatoms. The third kappa shape index (κ3) is 7.84. The molecule has 0 aliphatic carbocycles. The Morgan fingerprint density at radius 2 is 2.25 bits per heavy atom. The molecule has 114 valence electrons. The van der Waals surface area contributed by atoms with Crippen molar-refractivity contribution >= 4 is 5.96 Å². The number of nitrogens with one attached hydrogen (secondary N) is 2. The molecule has 0 atom stereocenters. The highest BCUT2D eigenvalue weighted by Gasteiger charge is 1.99. The van der Waals surface area contributed by atoms with Gasteiger partial charge in [-0.3, -0.25) is 4.99 Å². The number of hydrogen-bond acceptors (Lipinski definition) is 3. The lowest BCUT2D eigenvalue weighted by molar-refractivity contribution is 0.105. The lowest BCUT2D eigenvalue weighted by atomic mass is 10.2. The molecular formula is C15H27N3O2. The van der Waals surface area contributed by atoms with Gasteiger partial charge in [0.1, 0.15) is 12.4 Å². The molecule has 0 aliphatic heterocycles. The van der Waals surface area contributed by atoms with Gasteiger partial charge in [0.15, 0.2) is 5.96 Å². The van der Waals surface area contributed by atoms with E-state index in [0.29, 0.717) is 19.1 Å². The maximum atomic E-state index is 5.52. The minimum Gasteiger partial charge on any atom is -0.467 e. The summed E-state index contributed by atoms with van der Waals surface area (Å²) in [6.07, 6.45) is 2.60. The Morgan fingerprint density at radius 1 is 1.40 bits per heavy atom. The van der Waals surface area contributed by atoms with E-state index in [0.717, 1.165) is 37.8 Å². The van der Waals surface area contributed by atoms with Crippen LogP contribution < -0.4 is 10.6 Å². The monoisotopic (exact) mass is 281 g/mol. The summed E-state index contributed by atoms with van der Waals surface area (Å²) in [4.78, 5) is 4.51. The number of hydrogen-bond donors (Lipinski definition) is 2. The van der Waals surface area contributed by atoms with Crippen LogP contribution in [-0.4, -0.2) is 32.2 Å². The van der Waals surface area contributed by atoms with Gasteiger partial charge in [0, 0.05) is 26.2 Å². The van der Waals surface area contributed by atoms with Crippen molar-refractivity contribution in [2.24, 2.45) is 10.9 Å². The molecule has 0 unspecified atom stereocenters. The van der Waals surface area contributed by atoms with Crippen LogP contribution in [0.1, 0.15) is 33.0 Å². The average molecular weight is 281 g/mol. The lowest BCUT2D eigenvalue weighted by Gasteiger charge is -2.12. The summed E-state index contributed by atoms with van der Waals surface area (Å²) in [6, 6.07) is 3.79. The first-order chi connectivity index (χ1) is 9.72. The van der Waals surface area contributed by atoms with Crippen molar-refractivity contribution in [3.05, 3.63) is 24.2 Å². The summed E-state index contributed by atoms with van der Waals surface area (Å²) in [5.41, 5.74) is 0. The fourth-order valence-corrected chi connectivity index (χ4v) is 1.56. The molecule has 1 aromatic heterocycles. The van der Waals surface area contributed by atoms with E-state index in [1.54, 1.807) is 6.26 Å². The number of furan rings is 1. The summed E-state index contributed by atoms with van der Waals surface area (Å²) in [7, 11) is 0. The standard InChI is InChI=1S/C15H27N3O2/c1-4-16-15(18-11-13(2)3)17-8-6-9-19-12-14-7-5-10-20-14/h5,7,10,13H,4,6,8-9,11-12H2,1-3H3,(H2,16,17,18). The fraction of sp³-hybridized carbons (Fsp3) is 0.667. The number of ether oxygens (including phenoxy) is 1. The minimum atomic E-state index is 0.536. The first kappa shape index (κ1) is 16.6. The summed E-state index contributed by atoms with van der Waals surface area (Å²) in [6.45, 7) is 10.2. The summed E-state index contributed by atoms with van der Waals surface area (Å²) in [5.74, 6) is 2.32. The molecule has 1 rings (SSSR count). The van der Waals surface area contributed by atoms with Crippen molar-refractivity contribution in [3.8, 4) is 0 Å². The number of aliphatic imine (C=N–C) groups is 1. The van der Waals surface area contributed by atoms with Gasteiger partial charge in [-0.25, -0.2) is 0 Å². The molecular weight excluding hydrogens is 254 g/mol. The van der Waals surface area contributed by atoms with Gasteiger partial charge in [0.05, 0.1) is 6.26 Å². The second kappa shape index (κ2) is 10.3. The van der Waals surface area contributed by atoms with Crippen molar-refractivity contribution in [2.75, 3.05) is 26.2 Å². The smallest absolute Gasteiger partial charge is 0.191 e. The quantitative estimate of drug-likeness (QED) is 0.414. The van der Waals surface area contributed by atoms with Gasteiger partial charge in [-0.1, -0.05) is 13.8 Å². The molecule has 20 heavy (non-hydrogen) atoms. The van der Waals surface area contributed by atoms with Crippen molar-refractivity contribution in [2.45, 2.75) is 33.8 Å². The topological polar surface area (TPSA) is 58.8 Å². The Balaban J connectivity index is 2.09. The maximum absolute atomic E-state index is 5.52. The molecule has 2 N–H and O–H groups in total. The Hall–Kier alpha value is -1.49. The molecule has 1 heterocycles. The lowest BCUT2D eigenvalue weighted by Crippen LogP contribution is -2.38. The average Bonchev–Trinajstić information content (AvgIpc) is 2.92. The molecule has 0 aliphatic rings. The molecule has 0 fully saturated rings. The van der Waals surface area contributed by atoms with Crippen LogP contribution in [0.2, 0.25) is 0 Å². The van der Waals surface area contributed by atoms with E-state index in [2.05, 4.69) is 36.4 Å². The first-order valence-electron chi connectivity index (χ1n) is 7.34. The van der Waals surface area contributed by atoms with E-state index >= 15 is 0 Å². The number of guanidine groups is 1. The van der Waals surface area contributed by atoms with Gasteiger partial charge < -0.3 is 19.8 Å². The van der Waals surface area contributed by atoms with Crippen LogP contribution in [0.3, 0.4) is 0 Å². The van der Waals surface area contributed by atoms with Crippen molar-refractivity contribution < 1.29 is 9.15 Å². The molecule has 0 bridgehead atoms. The van der Waals surface area contributed by atoms with Crippen LogP contribution in [-0.2, 0) is 11.3 Å². The molecule has 0 amide bonds. The van der Waals surface area contributed by atoms with E-state index in [1.807, 2.05) is 12.1 Å². The highest BCUT2D eigenvalue weighted by atomic mass is 16.5. The van der Waals surface area contributed by atoms with Gasteiger partial charge in [0.25, 0.3) is 0 Å². The highest BCUT2D eigenvalue weighted by Crippen LogP contribution is 2.01. The Morgan fingerprint density at radius 3 is 2.90 bits per heavy atom. The predicted octanol–water partition coefficient (Wildman–Crippen LogP) is 2.40. The predicted molar refractivity (Wildman–Crippen MR) is 81.8 cm³/mol. The molecule has 0 radical (unpaired) electrons. The normalized spacial score (nSPS) is 11.9. The second-order valence-corrected chi connectivity index (χ2v) is 5.03. The summed E-state index contributed by atoms with van der Waals surface area (Å²) in [5, 5.41) is 6.54. The molecule has 5 nitrogen and oxygen atoms in total. The summed E-state index contributed by atoms with van der Waals surface area (Å²) >= 11 is 0. The SMILES string of the molecule is CCNC(=NCC(C)C)NCCCOCc1ccco1. The Labute approximate surface area is 121 Å². The number of nitrogens with zero attached hydrogens (tertiary/aromatic N) is 1. The van der Waals surface area contributed by atoms with Crippen LogP contribution in [0.4, 0.5) is 0 Å². The molecule has 0 spiro atoms. The van der Waals surface area contributed by atoms with E-state index in [4.69, 9.17) is 9.15 Å². The van der Waals surface area contributed by atoms with Gasteiger partial charge >= 0.3 is 0 Å². The Kier molecular flexibility index (Phi) is 8.54. The first-order valence-corrected chi connectivity index (χ1v) is 7.34. The van der Waals surface area contributed by atoms with Crippen molar-refractivity contribution in [1.29, 1.82) is 0 Å². The summed E-state index contributed by atoms with van der Waals surface area (Å²) < 4.78 is 10.7. The third-order valence-corrected chi connectivity index (χ3v) is 2.54. The maximum Gasteiger partial charge on any atom is 0.191 e. The van der Waals surface area contributed by atoms with E-state index in [9.17, 15) is 0 Å². The van der Waals surface area contributed by atoms with Crippen LogP contribution in [0.15, 0.2) is 27.8 Å². The molecule has 0 saturated heterocycles. The zero-order valence-corrected chi connectivity index (χ0v) is 12.8. The van der Waals surface area contributed by atoms with E-state index < -0.39 is 0 Å². The van der Waals surface area contributed by atoms with Crippen LogP contribution in [0.25, 0.3) is 0 Å². The zero-order valence-electron chi connectivity index (χ0n) is 12.8. The van der Waals surface area contributed by atoms with Crippen molar-refractivity contribution in [3.63, 3.8) is 0 Å². The van der Waals surface area contributed by atoms with Gasteiger partial charge in [-0.15, -0.1) is 0 Å². The largest absolute Gasteiger partial charge is 0.467 e. The highest BCUT2D eigenvalue weighted by molar-refractivity contribution is 5.79. The molecule has 0 saturated carbocycles. The second-order valence-electron chi connectivity index (χ2n) is 5.03. The van der Waals surface area contributed by atoms with Crippen LogP contribution in [0, 0.1) is 5.92 Å². The van der Waals surface area contributed by atoms with E-state index in [-0.39, 0.29) is 0 Å². The van der Waals surface area contributed by atoms with Gasteiger partial charge in [-0.2, -0.15) is 0 Å². The zero-order chi connectivity index (χ0) is 14.6. The van der Waals surface area contributed by atoms with Crippen LogP contribution in [0.5, 0.6) is 0 Å². The minimum absolute atomic E-state index is 0.536. The molecule has 1 aromatic rings. The Bertz CT molecular complexity index is 361. The third-order valence-electron chi connectivity index (χ3n) is 2.54. The fourth-order valence-electron chi connectivity index (χ4n) is 1.56. The van der Waals surface area contributed by atoms with Gasteiger partial charge in [0.2, 0.25) is 0 Å².